The van der Waals surface area contributed by atoms with Crippen molar-refractivity contribution >= 4 is 23.2 Å². The maximum atomic E-state index is 13.0. The van der Waals surface area contributed by atoms with Crippen molar-refractivity contribution in [3.05, 3.63) is 82.8 Å². The van der Waals surface area contributed by atoms with E-state index in [2.05, 4.69) is 10.3 Å². The van der Waals surface area contributed by atoms with Gasteiger partial charge in [-0.2, -0.15) is 0 Å². The van der Waals surface area contributed by atoms with Gasteiger partial charge in [-0.25, -0.2) is 4.39 Å². The molecule has 1 N–H and O–H groups in total. The Labute approximate surface area is 144 Å². The third kappa shape index (κ3) is 3.60. The summed E-state index contributed by atoms with van der Waals surface area (Å²) in [6.07, 6.45) is 0. The van der Waals surface area contributed by atoms with Crippen LogP contribution in [0, 0.1) is 12.7 Å². The minimum Gasteiger partial charge on any atom is -0.322 e. The van der Waals surface area contributed by atoms with Gasteiger partial charge in [0.1, 0.15) is 5.82 Å². The van der Waals surface area contributed by atoms with E-state index in [-0.39, 0.29) is 11.7 Å². The lowest BCUT2D eigenvalue weighted by Gasteiger charge is -2.09. The van der Waals surface area contributed by atoms with Crippen molar-refractivity contribution in [2.45, 2.75) is 6.92 Å². The van der Waals surface area contributed by atoms with Crippen molar-refractivity contribution in [2.75, 3.05) is 5.32 Å². The summed E-state index contributed by atoms with van der Waals surface area (Å²) in [7, 11) is 0. The molecule has 120 valence electrons. The van der Waals surface area contributed by atoms with Crippen molar-refractivity contribution < 1.29 is 9.18 Å². The van der Waals surface area contributed by atoms with E-state index in [4.69, 9.17) is 11.6 Å². The Kier molecular flexibility index (Phi) is 4.58. The number of carbonyl (C=O) groups is 1. The molecule has 0 aliphatic carbocycles. The summed E-state index contributed by atoms with van der Waals surface area (Å²) in [5.74, 6) is -0.539. The number of hydrogen-bond acceptors (Lipinski definition) is 2. The van der Waals surface area contributed by atoms with Crippen molar-refractivity contribution in [1.82, 2.24) is 4.98 Å². The van der Waals surface area contributed by atoms with E-state index in [9.17, 15) is 9.18 Å². The Bertz CT molecular complexity index is 877. The highest BCUT2D eigenvalue weighted by molar-refractivity contribution is 6.30. The normalized spacial score (nSPS) is 10.5. The Balaban J connectivity index is 1.82. The number of benzene rings is 2. The molecule has 0 fully saturated rings. The van der Waals surface area contributed by atoms with Crippen LogP contribution in [0.2, 0.25) is 5.02 Å². The average Bonchev–Trinajstić information content (AvgIpc) is 2.57. The van der Waals surface area contributed by atoms with Crippen molar-refractivity contribution in [1.29, 1.82) is 0 Å². The van der Waals surface area contributed by atoms with E-state index in [1.54, 1.807) is 55.5 Å². The van der Waals surface area contributed by atoms with Crippen LogP contribution in [0.25, 0.3) is 11.3 Å². The lowest BCUT2D eigenvalue weighted by molar-refractivity contribution is 0.102. The van der Waals surface area contributed by atoms with E-state index in [1.807, 2.05) is 0 Å². The molecule has 0 aliphatic heterocycles. The van der Waals surface area contributed by atoms with E-state index in [0.717, 1.165) is 5.56 Å². The highest BCUT2D eigenvalue weighted by atomic mass is 35.5. The number of anilines is 1. The van der Waals surface area contributed by atoms with E-state index < -0.39 is 0 Å². The zero-order chi connectivity index (χ0) is 17.1. The smallest absolute Gasteiger partial charge is 0.257 e. The number of halogens is 2. The summed E-state index contributed by atoms with van der Waals surface area (Å²) in [5, 5.41) is 3.41. The van der Waals surface area contributed by atoms with Gasteiger partial charge in [-0.05, 0) is 67.6 Å². The topological polar surface area (TPSA) is 42.0 Å². The van der Waals surface area contributed by atoms with Crippen LogP contribution >= 0.6 is 11.6 Å². The average molecular weight is 341 g/mol. The van der Waals surface area contributed by atoms with Gasteiger partial charge in [0.05, 0.1) is 17.0 Å². The predicted molar refractivity (Wildman–Crippen MR) is 93.8 cm³/mol. The van der Waals surface area contributed by atoms with Crippen LogP contribution in [0.15, 0.2) is 60.7 Å². The minimum atomic E-state index is -0.297. The van der Waals surface area contributed by atoms with Crippen molar-refractivity contribution in [2.24, 2.45) is 0 Å². The lowest BCUT2D eigenvalue weighted by atomic mass is 10.1. The summed E-state index contributed by atoms with van der Waals surface area (Å²) < 4.78 is 13.0. The number of nitrogens with one attached hydrogen (secondary N) is 1. The summed E-state index contributed by atoms with van der Waals surface area (Å²) in [6.45, 7) is 1.77. The number of amides is 1. The fourth-order valence-corrected chi connectivity index (χ4v) is 2.44. The first-order valence-corrected chi connectivity index (χ1v) is 7.71. The van der Waals surface area contributed by atoms with Gasteiger partial charge in [0.15, 0.2) is 0 Å². The van der Waals surface area contributed by atoms with E-state index >= 15 is 0 Å². The van der Waals surface area contributed by atoms with Gasteiger partial charge in [0.2, 0.25) is 0 Å². The number of aromatic nitrogens is 1. The molecule has 1 amide bonds. The highest BCUT2D eigenvalue weighted by Gasteiger charge is 2.12. The second-order valence-corrected chi connectivity index (χ2v) is 5.73. The third-order valence-corrected chi connectivity index (χ3v) is 3.82. The maximum absolute atomic E-state index is 13.0. The van der Waals surface area contributed by atoms with Crippen LogP contribution in [0.5, 0.6) is 0 Å². The Hall–Kier alpha value is -2.72. The molecule has 24 heavy (non-hydrogen) atoms. The van der Waals surface area contributed by atoms with Crippen LogP contribution in [0.3, 0.4) is 0 Å². The minimum absolute atomic E-state index is 0.243. The molecule has 3 rings (SSSR count). The molecular formula is C19H14ClFN2O. The molecule has 0 aliphatic rings. The Morgan fingerprint density at radius 3 is 2.29 bits per heavy atom. The fraction of sp³-hybridized carbons (Fsp3) is 0.0526. The molecule has 0 spiro atoms. The second-order valence-electron chi connectivity index (χ2n) is 5.30. The largest absolute Gasteiger partial charge is 0.322 e. The van der Waals surface area contributed by atoms with Crippen LogP contribution in [-0.2, 0) is 0 Å². The van der Waals surface area contributed by atoms with Gasteiger partial charge in [-0.1, -0.05) is 11.6 Å². The first kappa shape index (κ1) is 16.1. The number of nitrogens with zero attached hydrogens (tertiary/aromatic N) is 1. The molecule has 3 aromatic rings. The molecule has 2 aromatic carbocycles. The number of hydrogen-bond donors (Lipinski definition) is 1. The van der Waals surface area contributed by atoms with Gasteiger partial charge in [0.25, 0.3) is 5.91 Å². The van der Waals surface area contributed by atoms with Crippen LogP contribution in [0.4, 0.5) is 10.1 Å². The standard InChI is InChI=1S/C19H14ClFN2O/c1-12-17(19(24)23-16-8-4-14(20)5-9-16)10-11-18(22-12)13-2-6-15(21)7-3-13/h2-11H,1H3,(H,23,24). The summed E-state index contributed by atoms with van der Waals surface area (Å²) in [6, 6.07) is 16.4. The molecule has 0 radical (unpaired) electrons. The van der Waals surface area contributed by atoms with Gasteiger partial charge < -0.3 is 5.32 Å². The maximum Gasteiger partial charge on any atom is 0.257 e. The van der Waals surface area contributed by atoms with E-state index in [0.29, 0.717) is 27.7 Å². The van der Waals surface area contributed by atoms with Crippen LogP contribution < -0.4 is 5.32 Å². The molecular weight excluding hydrogens is 327 g/mol. The highest BCUT2D eigenvalue weighted by Crippen LogP contribution is 2.20. The summed E-state index contributed by atoms with van der Waals surface area (Å²) >= 11 is 5.83. The van der Waals surface area contributed by atoms with Gasteiger partial charge in [-0.3, -0.25) is 9.78 Å². The van der Waals surface area contributed by atoms with E-state index in [1.165, 1.54) is 12.1 Å². The summed E-state index contributed by atoms with van der Waals surface area (Å²) in [5.41, 5.74) is 3.23. The number of pyridine rings is 1. The molecule has 3 nitrogen and oxygen atoms in total. The zero-order valence-corrected chi connectivity index (χ0v) is 13.6. The Morgan fingerprint density at radius 2 is 1.67 bits per heavy atom. The first-order valence-electron chi connectivity index (χ1n) is 7.33. The molecule has 0 unspecified atom stereocenters. The van der Waals surface area contributed by atoms with Gasteiger partial charge in [-0.15, -0.1) is 0 Å². The molecule has 0 saturated heterocycles. The monoisotopic (exact) mass is 340 g/mol. The first-order chi connectivity index (χ1) is 11.5. The quantitative estimate of drug-likeness (QED) is 0.720. The zero-order valence-electron chi connectivity index (χ0n) is 12.9. The number of aryl methyl sites for hydroxylation is 1. The SMILES string of the molecule is Cc1nc(-c2ccc(F)cc2)ccc1C(=O)Nc1ccc(Cl)cc1. The van der Waals surface area contributed by atoms with Gasteiger partial charge >= 0.3 is 0 Å². The van der Waals surface area contributed by atoms with Crippen LogP contribution in [-0.4, -0.2) is 10.9 Å². The van der Waals surface area contributed by atoms with Crippen molar-refractivity contribution in [3.8, 4) is 11.3 Å². The number of rotatable bonds is 3. The second kappa shape index (κ2) is 6.81. The molecule has 0 saturated carbocycles. The number of carbonyl (C=O) groups excluding carboxylic acids is 1. The van der Waals surface area contributed by atoms with Crippen LogP contribution in [0.1, 0.15) is 16.1 Å². The fourth-order valence-electron chi connectivity index (χ4n) is 2.31. The lowest BCUT2D eigenvalue weighted by Crippen LogP contribution is -2.14. The third-order valence-electron chi connectivity index (χ3n) is 3.57. The van der Waals surface area contributed by atoms with Crippen molar-refractivity contribution in [3.63, 3.8) is 0 Å². The predicted octanol–water partition coefficient (Wildman–Crippen LogP) is 5.10. The molecule has 0 atom stereocenters. The summed E-state index contributed by atoms with van der Waals surface area (Å²) in [4.78, 5) is 16.8. The molecule has 0 bridgehead atoms. The molecule has 1 aromatic heterocycles. The molecule has 1 heterocycles. The van der Waals surface area contributed by atoms with Gasteiger partial charge in [0, 0.05) is 16.3 Å². The Morgan fingerprint density at radius 1 is 1.00 bits per heavy atom. The molecule has 5 heteroatoms.